The predicted octanol–water partition coefficient (Wildman–Crippen LogP) is 4.30. The normalized spacial score (nSPS) is 11.3. The lowest BCUT2D eigenvalue weighted by Gasteiger charge is -2.20. The first-order valence-corrected chi connectivity index (χ1v) is 10.9. The van der Waals surface area contributed by atoms with Crippen molar-refractivity contribution in [3.05, 3.63) is 94.0 Å². The van der Waals surface area contributed by atoms with Crippen LogP contribution >= 0.6 is 15.9 Å². The van der Waals surface area contributed by atoms with Gasteiger partial charge in [-0.15, -0.1) is 0 Å². The summed E-state index contributed by atoms with van der Waals surface area (Å²) in [5.41, 5.74) is 2.48. The minimum Gasteiger partial charge on any atom is -0.497 e. The largest absolute Gasteiger partial charge is 0.497 e. The van der Waals surface area contributed by atoms with Crippen LogP contribution in [0.3, 0.4) is 0 Å². The minimum absolute atomic E-state index is 0.121. The second-order valence-electron chi connectivity index (χ2n) is 7.14. The maximum Gasteiger partial charge on any atom is 0.251 e. The van der Waals surface area contributed by atoms with Gasteiger partial charge in [0, 0.05) is 10.0 Å². The van der Waals surface area contributed by atoms with Gasteiger partial charge in [0.2, 0.25) is 5.91 Å². The maximum absolute atomic E-state index is 12.7. The number of carbonyl (C=O) groups is 2. The number of carbonyl (C=O) groups excluding carboxylic acids is 2. The Labute approximate surface area is 196 Å². The van der Waals surface area contributed by atoms with Gasteiger partial charge in [-0.1, -0.05) is 40.2 Å². The van der Waals surface area contributed by atoms with Crippen LogP contribution in [-0.2, 0) is 11.2 Å². The van der Waals surface area contributed by atoms with Gasteiger partial charge in [-0.2, -0.15) is 0 Å². The Kier molecular flexibility index (Phi) is 8.27. The van der Waals surface area contributed by atoms with E-state index >= 15 is 0 Å². The molecule has 3 aromatic rings. The minimum atomic E-state index is -0.302. The van der Waals surface area contributed by atoms with E-state index in [9.17, 15) is 9.59 Å². The highest BCUT2D eigenvalue weighted by atomic mass is 79.9. The highest BCUT2D eigenvalue weighted by molar-refractivity contribution is 9.10. The second kappa shape index (κ2) is 11.3. The van der Waals surface area contributed by atoms with Crippen molar-refractivity contribution in [2.75, 3.05) is 20.8 Å². The van der Waals surface area contributed by atoms with E-state index < -0.39 is 0 Å². The van der Waals surface area contributed by atoms with Gasteiger partial charge in [0.15, 0.2) is 0 Å². The molecule has 0 heterocycles. The molecule has 0 aliphatic carbocycles. The number of rotatable bonds is 9. The number of nitrogens with one attached hydrogen (secondary N) is 2. The number of amides is 2. The van der Waals surface area contributed by atoms with Gasteiger partial charge < -0.3 is 20.1 Å². The summed E-state index contributed by atoms with van der Waals surface area (Å²) in [4.78, 5) is 25.0. The molecule has 2 amide bonds. The van der Waals surface area contributed by atoms with Gasteiger partial charge in [0.25, 0.3) is 5.91 Å². The van der Waals surface area contributed by atoms with E-state index in [1.54, 1.807) is 38.5 Å². The predicted molar refractivity (Wildman–Crippen MR) is 127 cm³/mol. The molecule has 32 heavy (non-hydrogen) atoms. The number of ether oxygens (including phenoxy) is 2. The summed E-state index contributed by atoms with van der Waals surface area (Å²) in [7, 11) is 3.23. The molecule has 0 unspecified atom stereocenters. The summed E-state index contributed by atoms with van der Waals surface area (Å²) in [5.74, 6) is 0.938. The van der Waals surface area contributed by atoms with Crippen LogP contribution in [0.4, 0.5) is 0 Å². The second-order valence-corrected chi connectivity index (χ2v) is 8.05. The highest BCUT2D eigenvalue weighted by Crippen LogP contribution is 2.23. The number of hydrogen-bond donors (Lipinski definition) is 2. The first-order valence-electron chi connectivity index (χ1n) is 10.1. The number of benzene rings is 3. The smallest absolute Gasteiger partial charge is 0.251 e. The fourth-order valence-electron chi connectivity index (χ4n) is 3.19. The van der Waals surface area contributed by atoms with Crippen molar-refractivity contribution in [3.63, 3.8) is 0 Å². The quantitative estimate of drug-likeness (QED) is 0.463. The van der Waals surface area contributed by atoms with Crippen molar-refractivity contribution in [2.24, 2.45) is 0 Å². The van der Waals surface area contributed by atoms with Crippen LogP contribution in [0.5, 0.6) is 11.5 Å². The first kappa shape index (κ1) is 23.3. The van der Waals surface area contributed by atoms with Crippen LogP contribution in [0.2, 0.25) is 0 Å². The van der Waals surface area contributed by atoms with Crippen molar-refractivity contribution >= 4 is 27.7 Å². The monoisotopic (exact) mass is 496 g/mol. The van der Waals surface area contributed by atoms with Crippen LogP contribution in [0.15, 0.2) is 77.3 Å². The molecule has 0 saturated carbocycles. The van der Waals surface area contributed by atoms with Crippen LogP contribution in [-0.4, -0.2) is 32.6 Å². The molecule has 6 nitrogen and oxygen atoms in total. The van der Waals surface area contributed by atoms with Crippen molar-refractivity contribution in [2.45, 2.75) is 12.5 Å². The fourth-order valence-corrected chi connectivity index (χ4v) is 3.46. The Morgan fingerprint density at radius 2 is 1.41 bits per heavy atom. The molecule has 3 rings (SSSR count). The van der Waals surface area contributed by atoms with Gasteiger partial charge in [0.1, 0.15) is 11.5 Å². The van der Waals surface area contributed by atoms with Crippen LogP contribution in [0.25, 0.3) is 0 Å². The van der Waals surface area contributed by atoms with Crippen LogP contribution in [0, 0.1) is 0 Å². The molecule has 3 aromatic carbocycles. The Balaban J connectivity index is 1.68. The van der Waals surface area contributed by atoms with E-state index in [2.05, 4.69) is 26.6 Å². The van der Waals surface area contributed by atoms with Crippen molar-refractivity contribution in [3.8, 4) is 11.5 Å². The van der Waals surface area contributed by atoms with E-state index in [0.717, 1.165) is 27.1 Å². The third-order valence-corrected chi connectivity index (χ3v) is 5.50. The van der Waals surface area contributed by atoms with Crippen molar-refractivity contribution in [1.82, 2.24) is 10.6 Å². The Bertz CT molecular complexity index is 1040. The number of halogens is 1. The molecule has 166 valence electrons. The summed E-state index contributed by atoms with van der Waals surface area (Å²) in [6, 6.07) is 22.0. The fraction of sp³-hybridized carbons (Fsp3) is 0.200. The lowest BCUT2D eigenvalue weighted by atomic mass is 9.98. The number of hydrogen-bond acceptors (Lipinski definition) is 4. The van der Waals surface area contributed by atoms with Gasteiger partial charge in [0.05, 0.1) is 26.8 Å². The zero-order chi connectivity index (χ0) is 22.9. The Hall–Kier alpha value is -3.32. The first-order chi connectivity index (χ1) is 15.5. The topological polar surface area (TPSA) is 76.7 Å². The molecule has 0 aromatic heterocycles. The van der Waals surface area contributed by atoms with Crippen LogP contribution in [0.1, 0.15) is 27.5 Å². The molecule has 0 bridgehead atoms. The molecule has 7 heteroatoms. The molecule has 0 aliphatic rings. The summed E-state index contributed by atoms with van der Waals surface area (Å²) < 4.78 is 11.3. The molecule has 1 atom stereocenters. The van der Waals surface area contributed by atoms with Gasteiger partial charge >= 0.3 is 0 Å². The lowest BCUT2D eigenvalue weighted by Crippen LogP contribution is -2.39. The summed E-state index contributed by atoms with van der Waals surface area (Å²) in [6.45, 7) is -0.121. The number of methoxy groups -OCH3 is 2. The molecular formula is C25H25BrN2O4. The standard InChI is InChI=1S/C25H25BrN2O4/c1-31-21-11-3-17(4-12-21)15-23(18-7-13-22(32-2)14-8-18)28-24(29)16-27-25(30)19-5-9-20(26)10-6-19/h3-14,23H,15-16H2,1-2H3,(H,27,30)(H,28,29)/t23-/m0/s1. The Morgan fingerprint density at radius 3 is 1.97 bits per heavy atom. The SMILES string of the molecule is COc1ccc(C[C@H](NC(=O)CNC(=O)c2ccc(Br)cc2)c2ccc(OC)cc2)cc1. The van der Waals surface area contributed by atoms with Gasteiger partial charge in [-0.25, -0.2) is 0 Å². The van der Waals surface area contributed by atoms with E-state index in [-0.39, 0.29) is 24.4 Å². The molecule has 0 radical (unpaired) electrons. The molecular weight excluding hydrogens is 472 g/mol. The lowest BCUT2D eigenvalue weighted by molar-refractivity contribution is -0.120. The van der Waals surface area contributed by atoms with Gasteiger partial charge in [-0.3, -0.25) is 9.59 Å². The summed E-state index contributed by atoms with van der Waals surface area (Å²) >= 11 is 3.34. The summed E-state index contributed by atoms with van der Waals surface area (Å²) in [5, 5.41) is 5.70. The molecule has 0 aliphatic heterocycles. The molecule has 0 fully saturated rings. The van der Waals surface area contributed by atoms with E-state index in [1.165, 1.54) is 0 Å². The zero-order valence-electron chi connectivity index (χ0n) is 17.9. The third kappa shape index (κ3) is 6.59. The van der Waals surface area contributed by atoms with E-state index in [1.807, 2.05) is 48.5 Å². The van der Waals surface area contributed by atoms with E-state index in [0.29, 0.717) is 12.0 Å². The highest BCUT2D eigenvalue weighted by Gasteiger charge is 2.17. The molecule has 2 N–H and O–H groups in total. The van der Waals surface area contributed by atoms with Crippen molar-refractivity contribution < 1.29 is 19.1 Å². The van der Waals surface area contributed by atoms with Crippen molar-refractivity contribution in [1.29, 1.82) is 0 Å². The van der Waals surface area contributed by atoms with Crippen LogP contribution < -0.4 is 20.1 Å². The molecule has 0 spiro atoms. The Morgan fingerprint density at radius 1 is 0.844 bits per heavy atom. The summed E-state index contributed by atoms with van der Waals surface area (Å²) in [6.07, 6.45) is 0.586. The third-order valence-electron chi connectivity index (χ3n) is 4.97. The average molecular weight is 497 g/mol. The zero-order valence-corrected chi connectivity index (χ0v) is 19.5. The maximum atomic E-state index is 12.7. The molecule has 0 saturated heterocycles. The van der Waals surface area contributed by atoms with E-state index in [4.69, 9.17) is 9.47 Å². The average Bonchev–Trinajstić information content (AvgIpc) is 2.83. The van der Waals surface area contributed by atoms with Gasteiger partial charge in [-0.05, 0) is 66.1 Å².